The first-order valence-electron chi connectivity index (χ1n) is 5.01. The predicted molar refractivity (Wildman–Crippen MR) is 60.3 cm³/mol. The normalized spacial score (nSPS) is 29.9. The van der Waals surface area contributed by atoms with Gasteiger partial charge in [0.15, 0.2) is 0 Å². The van der Waals surface area contributed by atoms with Crippen molar-refractivity contribution in [3.8, 4) is 0 Å². The van der Waals surface area contributed by atoms with Crippen LogP contribution in [0, 0.1) is 11.8 Å². The Labute approximate surface area is 90.1 Å². The highest BCUT2D eigenvalue weighted by Crippen LogP contribution is 2.33. The van der Waals surface area contributed by atoms with Gasteiger partial charge < -0.3 is 4.74 Å². The van der Waals surface area contributed by atoms with Crippen LogP contribution in [-0.4, -0.2) is 23.1 Å². The Morgan fingerprint density at radius 2 is 2.21 bits per heavy atom. The minimum Gasteiger partial charge on any atom is -0.464 e. The second kappa shape index (κ2) is 4.87. The first kappa shape index (κ1) is 11.6. The van der Waals surface area contributed by atoms with E-state index >= 15 is 0 Å². The zero-order valence-electron chi connectivity index (χ0n) is 9.03. The number of allylic oxidation sites excluding steroid dienone is 1. The molecule has 1 heterocycles. The summed E-state index contributed by atoms with van der Waals surface area (Å²) in [6.45, 7) is 10.6. The molecule has 0 aliphatic carbocycles. The van der Waals surface area contributed by atoms with E-state index in [2.05, 4.69) is 20.4 Å². The third kappa shape index (κ3) is 2.53. The van der Waals surface area contributed by atoms with E-state index in [1.807, 2.05) is 13.0 Å². The van der Waals surface area contributed by atoms with Crippen LogP contribution in [0.3, 0.4) is 0 Å². The Balaban J connectivity index is 2.64. The van der Waals surface area contributed by atoms with Crippen LogP contribution >= 0.6 is 11.8 Å². The SMILES string of the molecule is C=C[C@@H](C)[C@@H]1S[C@H](C(C)C)COC1=O. The molecule has 3 heteroatoms. The summed E-state index contributed by atoms with van der Waals surface area (Å²) in [5.74, 6) is 0.654. The molecule has 0 bridgehead atoms. The lowest BCUT2D eigenvalue weighted by Gasteiger charge is -2.32. The van der Waals surface area contributed by atoms with Crippen molar-refractivity contribution >= 4 is 17.7 Å². The summed E-state index contributed by atoms with van der Waals surface area (Å²) in [4.78, 5) is 11.5. The zero-order chi connectivity index (χ0) is 10.7. The smallest absolute Gasteiger partial charge is 0.319 e. The number of cyclic esters (lactones) is 1. The molecule has 80 valence electrons. The molecule has 0 N–H and O–H groups in total. The molecule has 0 saturated carbocycles. The zero-order valence-corrected chi connectivity index (χ0v) is 9.84. The molecule has 0 unspecified atom stereocenters. The fourth-order valence-corrected chi connectivity index (χ4v) is 2.72. The first-order chi connectivity index (χ1) is 6.56. The number of hydrogen-bond donors (Lipinski definition) is 0. The minimum absolute atomic E-state index is 0.0614. The molecular formula is C11H18O2S. The molecule has 14 heavy (non-hydrogen) atoms. The maximum atomic E-state index is 11.5. The van der Waals surface area contributed by atoms with Crippen LogP contribution in [0.15, 0.2) is 12.7 Å². The molecule has 1 rings (SSSR count). The van der Waals surface area contributed by atoms with Crippen LogP contribution in [0.4, 0.5) is 0 Å². The van der Waals surface area contributed by atoms with Crippen molar-refractivity contribution in [3.63, 3.8) is 0 Å². The number of esters is 1. The molecule has 1 aliphatic rings. The van der Waals surface area contributed by atoms with Gasteiger partial charge in [0.05, 0.1) is 0 Å². The van der Waals surface area contributed by atoms with Crippen LogP contribution in [0.1, 0.15) is 20.8 Å². The Morgan fingerprint density at radius 1 is 1.57 bits per heavy atom. The summed E-state index contributed by atoms with van der Waals surface area (Å²) in [5, 5.41) is 0.369. The average molecular weight is 214 g/mol. The van der Waals surface area contributed by atoms with Gasteiger partial charge in [-0.3, -0.25) is 4.79 Å². The van der Waals surface area contributed by atoms with Gasteiger partial charge in [-0.05, 0) is 11.8 Å². The molecule has 1 saturated heterocycles. The summed E-state index contributed by atoms with van der Waals surface area (Å²) in [6, 6.07) is 0. The van der Waals surface area contributed by atoms with E-state index in [4.69, 9.17) is 4.74 Å². The highest BCUT2D eigenvalue weighted by molar-refractivity contribution is 8.01. The van der Waals surface area contributed by atoms with E-state index in [1.165, 1.54) is 0 Å². The molecular weight excluding hydrogens is 196 g/mol. The Hall–Kier alpha value is -0.440. The molecule has 0 radical (unpaired) electrons. The van der Waals surface area contributed by atoms with E-state index in [9.17, 15) is 4.79 Å². The molecule has 1 fully saturated rings. The van der Waals surface area contributed by atoms with Crippen molar-refractivity contribution in [2.45, 2.75) is 31.3 Å². The van der Waals surface area contributed by atoms with Gasteiger partial charge in [0.1, 0.15) is 11.9 Å². The lowest BCUT2D eigenvalue weighted by molar-refractivity contribution is -0.144. The second-order valence-electron chi connectivity index (χ2n) is 4.06. The number of carbonyl (C=O) groups is 1. The predicted octanol–water partition coefficient (Wildman–Crippen LogP) is 2.49. The molecule has 1 aliphatic heterocycles. The standard InChI is InChI=1S/C11H18O2S/c1-5-8(4)10-11(12)13-6-9(14-10)7(2)3/h5,7-10H,1,6H2,2-4H3/t8-,9+,10+/m1/s1. The molecule has 0 aromatic carbocycles. The van der Waals surface area contributed by atoms with Gasteiger partial charge in [0.25, 0.3) is 0 Å². The van der Waals surface area contributed by atoms with E-state index in [0.717, 1.165) is 0 Å². The van der Waals surface area contributed by atoms with Gasteiger partial charge in [-0.25, -0.2) is 0 Å². The van der Waals surface area contributed by atoms with Crippen LogP contribution < -0.4 is 0 Å². The average Bonchev–Trinajstić information content (AvgIpc) is 2.17. The maximum absolute atomic E-state index is 11.5. The highest BCUT2D eigenvalue weighted by atomic mass is 32.2. The van der Waals surface area contributed by atoms with Crippen molar-refractivity contribution in [1.29, 1.82) is 0 Å². The van der Waals surface area contributed by atoms with E-state index in [-0.39, 0.29) is 17.1 Å². The topological polar surface area (TPSA) is 26.3 Å². The fourth-order valence-electron chi connectivity index (χ4n) is 1.34. The van der Waals surface area contributed by atoms with Crippen molar-refractivity contribution in [2.75, 3.05) is 6.61 Å². The van der Waals surface area contributed by atoms with Gasteiger partial charge >= 0.3 is 5.97 Å². The number of rotatable bonds is 3. The summed E-state index contributed by atoms with van der Waals surface area (Å²) in [7, 11) is 0. The van der Waals surface area contributed by atoms with Gasteiger partial charge in [-0.2, -0.15) is 0 Å². The monoisotopic (exact) mass is 214 g/mol. The lowest BCUT2D eigenvalue weighted by Crippen LogP contribution is -2.38. The quantitative estimate of drug-likeness (QED) is 0.533. The minimum atomic E-state index is -0.0840. The Morgan fingerprint density at radius 3 is 2.71 bits per heavy atom. The molecule has 0 spiro atoms. The first-order valence-corrected chi connectivity index (χ1v) is 5.95. The van der Waals surface area contributed by atoms with Gasteiger partial charge in [0, 0.05) is 5.25 Å². The van der Waals surface area contributed by atoms with Crippen LogP contribution in [-0.2, 0) is 9.53 Å². The van der Waals surface area contributed by atoms with Crippen LogP contribution in [0.25, 0.3) is 0 Å². The molecule has 3 atom stereocenters. The van der Waals surface area contributed by atoms with Gasteiger partial charge in [0.2, 0.25) is 0 Å². The second-order valence-corrected chi connectivity index (χ2v) is 5.45. The van der Waals surface area contributed by atoms with Crippen molar-refractivity contribution in [1.82, 2.24) is 0 Å². The van der Waals surface area contributed by atoms with E-state index < -0.39 is 0 Å². The van der Waals surface area contributed by atoms with Crippen LogP contribution in [0.5, 0.6) is 0 Å². The third-order valence-electron chi connectivity index (χ3n) is 2.54. The van der Waals surface area contributed by atoms with Crippen molar-refractivity contribution in [3.05, 3.63) is 12.7 Å². The largest absolute Gasteiger partial charge is 0.464 e. The Bertz CT molecular complexity index is 225. The van der Waals surface area contributed by atoms with E-state index in [0.29, 0.717) is 17.8 Å². The van der Waals surface area contributed by atoms with Crippen molar-refractivity contribution in [2.24, 2.45) is 11.8 Å². The lowest BCUT2D eigenvalue weighted by atomic mass is 10.1. The molecule has 0 amide bonds. The highest BCUT2D eigenvalue weighted by Gasteiger charge is 2.34. The molecule has 0 aromatic rings. The fraction of sp³-hybridized carbons (Fsp3) is 0.727. The number of ether oxygens (including phenoxy) is 1. The van der Waals surface area contributed by atoms with Crippen molar-refractivity contribution < 1.29 is 9.53 Å². The summed E-state index contributed by atoms with van der Waals surface area (Å²) in [6.07, 6.45) is 1.82. The Kier molecular flexibility index (Phi) is 4.05. The maximum Gasteiger partial charge on any atom is 0.319 e. The summed E-state index contributed by atoms with van der Waals surface area (Å²) in [5.41, 5.74) is 0. The summed E-state index contributed by atoms with van der Waals surface area (Å²) < 4.78 is 5.18. The summed E-state index contributed by atoms with van der Waals surface area (Å²) >= 11 is 1.73. The number of carbonyl (C=O) groups excluding carboxylic acids is 1. The van der Waals surface area contributed by atoms with Gasteiger partial charge in [-0.15, -0.1) is 18.3 Å². The van der Waals surface area contributed by atoms with Crippen LogP contribution in [0.2, 0.25) is 0 Å². The van der Waals surface area contributed by atoms with E-state index in [1.54, 1.807) is 11.8 Å². The molecule has 2 nitrogen and oxygen atoms in total. The number of hydrogen-bond acceptors (Lipinski definition) is 3. The molecule has 0 aromatic heterocycles. The third-order valence-corrected chi connectivity index (χ3v) is 4.48. The van der Waals surface area contributed by atoms with Gasteiger partial charge in [-0.1, -0.05) is 26.8 Å². The number of thioether (sulfide) groups is 1.